The van der Waals surface area contributed by atoms with Crippen LogP contribution in [0.25, 0.3) is 22.8 Å². The van der Waals surface area contributed by atoms with Gasteiger partial charge in [0.2, 0.25) is 5.82 Å². The van der Waals surface area contributed by atoms with Gasteiger partial charge in [-0.15, -0.1) is 12.4 Å². The minimum Gasteiger partial charge on any atom is -0.361 e. The van der Waals surface area contributed by atoms with Crippen molar-refractivity contribution in [2.45, 2.75) is 26.8 Å². The van der Waals surface area contributed by atoms with Crippen molar-refractivity contribution in [1.29, 1.82) is 0 Å². The van der Waals surface area contributed by atoms with Gasteiger partial charge in [-0.1, -0.05) is 41.5 Å². The average Bonchev–Trinajstić information content (AvgIpc) is 3.13. The molecule has 2 aromatic heterocycles. The molecule has 0 radical (unpaired) electrons. The number of nitrogens with two attached hydrogens (primary N) is 1. The molecule has 0 aliphatic heterocycles. The fourth-order valence-electron chi connectivity index (χ4n) is 2.17. The van der Waals surface area contributed by atoms with Crippen LogP contribution in [0.2, 0.25) is 0 Å². The maximum absolute atomic E-state index is 5.59. The van der Waals surface area contributed by atoms with Gasteiger partial charge in [-0.25, -0.2) is 0 Å². The highest BCUT2D eigenvalue weighted by molar-refractivity contribution is 5.85. The van der Waals surface area contributed by atoms with E-state index < -0.39 is 0 Å². The van der Waals surface area contributed by atoms with Crippen molar-refractivity contribution >= 4 is 12.4 Å². The summed E-state index contributed by atoms with van der Waals surface area (Å²) in [6.45, 7) is 4.35. The van der Waals surface area contributed by atoms with Crippen LogP contribution < -0.4 is 5.73 Å². The van der Waals surface area contributed by atoms with Crippen LogP contribution in [-0.2, 0) is 13.0 Å². The van der Waals surface area contributed by atoms with E-state index in [0.717, 1.165) is 28.8 Å². The SMILES string of the molecule is CCc1noc(C)c1-c1nc(-c2ccc(CN)cc2)no1.Cl. The molecule has 22 heavy (non-hydrogen) atoms. The Labute approximate surface area is 134 Å². The zero-order valence-electron chi connectivity index (χ0n) is 12.4. The maximum Gasteiger partial charge on any atom is 0.263 e. The van der Waals surface area contributed by atoms with E-state index >= 15 is 0 Å². The number of rotatable bonds is 4. The molecule has 0 unspecified atom stereocenters. The van der Waals surface area contributed by atoms with E-state index in [1.165, 1.54) is 0 Å². The summed E-state index contributed by atoms with van der Waals surface area (Å²) in [6, 6.07) is 7.76. The normalized spacial score (nSPS) is 10.5. The lowest BCUT2D eigenvalue weighted by Gasteiger charge is -1.97. The highest BCUT2D eigenvalue weighted by Crippen LogP contribution is 2.28. The van der Waals surface area contributed by atoms with Crippen molar-refractivity contribution in [2.24, 2.45) is 5.73 Å². The quantitative estimate of drug-likeness (QED) is 0.794. The molecule has 3 aromatic rings. The van der Waals surface area contributed by atoms with E-state index in [4.69, 9.17) is 14.8 Å². The largest absolute Gasteiger partial charge is 0.361 e. The molecule has 3 rings (SSSR count). The molecule has 0 spiro atoms. The van der Waals surface area contributed by atoms with Gasteiger partial charge in [0.1, 0.15) is 11.3 Å². The number of hydrogen-bond donors (Lipinski definition) is 1. The Bertz CT molecular complexity index is 749. The van der Waals surface area contributed by atoms with Gasteiger partial charge in [-0.3, -0.25) is 0 Å². The molecule has 0 saturated carbocycles. The molecule has 7 heteroatoms. The highest BCUT2D eigenvalue weighted by atomic mass is 35.5. The summed E-state index contributed by atoms with van der Waals surface area (Å²) in [5.74, 6) is 1.65. The van der Waals surface area contributed by atoms with Gasteiger partial charge in [0.15, 0.2) is 0 Å². The van der Waals surface area contributed by atoms with Gasteiger partial charge < -0.3 is 14.8 Å². The van der Waals surface area contributed by atoms with Crippen LogP contribution >= 0.6 is 12.4 Å². The second-order valence-electron chi connectivity index (χ2n) is 4.74. The minimum absolute atomic E-state index is 0. The molecule has 0 atom stereocenters. The second kappa shape index (κ2) is 6.72. The lowest BCUT2D eigenvalue weighted by Crippen LogP contribution is -1.95. The first-order chi connectivity index (χ1) is 10.2. The first-order valence-corrected chi connectivity index (χ1v) is 6.81. The van der Waals surface area contributed by atoms with Gasteiger partial charge in [-0.2, -0.15) is 4.98 Å². The summed E-state index contributed by atoms with van der Waals surface area (Å²) in [4.78, 5) is 4.44. The molecule has 0 aliphatic rings. The van der Waals surface area contributed by atoms with E-state index in [1.54, 1.807) is 0 Å². The number of aromatic nitrogens is 3. The molecule has 0 amide bonds. The van der Waals surface area contributed by atoms with Crippen molar-refractivity contribution in [1.82, 2.24) is 15.3 Å². The van der Waals surface area contributed by atoms with Crippen molar-refractivity contribution in [3.05, 3.63) is 41.3 Å². The Hall–Kier alpha value is -2.18. The number of hydrogen-bond acceptors (Lipinski definition) is 6. The summed E-state index contributed by atoms with van der Waals surface area (Å²) in [5.41, 5.74) is 9.14. The molecule has 0 fully saturated rings. The number of nitrogens with zero attached hydrogens (tertiary/aromatic N) is 3. The van der Waals surface area contributed by atoms with Crippen LogP contribution in [0.3, 0.4) is 0 Å². The van der Waals surface area contributed by atoms with E-state index in [1.807, 2.05) is 38.1 Å². The molecule has 0 bridgehead atoms. The monoisotopic (exact) mass is 320 g/mol. The zero-order valence-corrected chi connectivity index (χ0v) is 13.2. The molecule has 0 aliphatic carbocycles. The summed E-state index contributed by atoms with van der Waals surface area (Å²) in [6.07, 6.45) is 0.746. The first-order valence-electron chi connectivity index (χ1n) is 6.81. The lowest BCUT2D eigenvalue weighted by atomic mass is 10.1. The maximum atomic E-state index is 5.59. The number of aryl methyl sites for hydroxylation is 2. The van der Waals surface area contributed by atoms with E-state index in [9.17, 15) is 0 Å². The van der Waals surface area contributed by atoms with Crippen molar-refractivity contribution in [3.63, 3.8) is 0 Å². The predicted molar refractivity (Wildman–Crippen MR) is 84.5 cm³/mol. The Morgan fingerprint density at radius 1 is 1.09 bits per heavy atom. The molecule has 2 N–H and O–H groups in total. The fraction of sp³-hybridized carbons (Fsp3) is 0.267. The summed E-state index contributed by atoms with van der Waals surface area (Å²) >= 11 is 0. The van der Waals surface area contributed by atoms with Crippen LogP contribution in [0.15, 0.2) is 33.3 Å². The Morgan fingerprint density at radius 2 is 1.82 bits per heavy atom. The molecular formula is C15H17ClN4O2. The third kappa shape index (κ3) is 2.88. The highest BCUT2D eigenvalue weighted by Gasteiger charge is 2.20. The molecule has 0 saturated heterocycles. The second-order valence-corrected chi connectivity index (χ2v) is 4.74. The topological polar surface area (TPSA) is 91.0 Å². The van der Waals surface area contributed by atoms with Crippen LogP contribution in [-0.4, -0.2) is 15.3 Å². The summed E-state index contributed by atoms with van der Waals surface area (Å²) in [5, 5.41) is 8.03. The standard InChI is InChI=1S/C15H16N4O2.ClH/c1-3-12-13(9(2)20-18-12)15-17-14(19-21-15)11-6-4-10(8-16)5-7-11;/h4-7H,3,8,16H2,1-2H3;1H. The van der Waals surface area contributed by atoms with Gasteiger partial charge in [-0.05, 0) is 18.9 Å². The number of benzene rings is 1. The van der Waals surface area contributed by atoms with Crippen LogP contribution in [0, 0.1) is 6.92 Å². The Kier molecular flexibility index (Phi) is 4.95. The van der Waals surface area contributed by atoms with E-state index in [-0.39, 0.29) is 12.4 Å². The fourth-order valence-corrected chi connectivity index (χ4v) is 2.17. The third-order valence-electron chi connectivity index (χ3n) is 3.36. The van der Waals surface area contributed by atoms with Crippen molar-refractivity contribution in [2.75, 3.05) is 0 Å². The van der Waals surface area contributed by atoms with Crippen LogP contribution in [0.1, 0.15) is 23.9 Å². The summed E-state index contributed by atoms with van der Waals surface area (Å²) < 4.78 is 10.6. The Balaban J connectivity index is 0.00000176. The third-order valence-corrected chi connectivity index (χ3v) is 3.36. The van der Waals surface area contributed by atoms with E-state index in [0.29, 0.717) is 24.0 Å². The van der Waals surface area contributed by atoms with Gasteiger partial charge >= 0.3 is 0 Å². The first kappa shape index (κ1) is 16.2. The van der Waals surface area contributed by atoms with Gasteiger partial charge in [0.25, 0.3) is 5.89 Å². The molecule has 1 aromatic carbocycles. The lowest BCUT2D eigenvalue weighted by molar-refractivity contribution is 0.390. The predicted octanol–water partition coefficient (Wildman–Crippen LogP) is 3.14. The van der Waals surface area contributed by atoms with E-state index in [2.05, 4.69) is 15.3 Å². The van der Waals surface area contributed by atoms with Crippen molar-refractivity contribution < 1.29 is 9.05 Å². The molecule has 2 heterocycles. The summed E-state index contributed by atoms with van der Waals surface area (Å²) in [7, 11) is 0. The van der Waals surface area contributed by atoms with Crippen LogP contribution in [0.4, 0.5) is 0 Å². The zero-order chi connectivity index (χ0) is 14.8. The average molecular weight is 321 g/mol. The van der Waals surface area contributed by atoms with Crippen molar-refractivity contribution in [3.8, 4) is 22.8 Å². The van der Waals surface area contributed by atoms with Gasteiger partial charge in [0, 0.05) is 12.1 Å². The number of halogens is 1. The molecule has 6 nitrogen and oxygen atoms in total. The molecule has 116 valence electrons. The smallest absolute Gasteiger partial charge is 0.263 e. The molecular weight excluding hydrogens is 304 g/mol. The Morgan fingerprint density at radius 3 is 2.45 bits per heavy atom. The van der Waals surface area contributed by atoms with Gasteiger partial charge in [0.05, 0.1) is 5.69 Å². The minimum atomic E-state index is 0. The van der Waals surface area contributed by atoms with Crippen LogP contribution in [0.5, 0.6) is 0 Å².